The number of hydrogen-bond acceptors (Lipinski definition) is 4. The molecule has 0 aliphatic heterocycles. The molecule has 1 aromatic heterocycles. The predicted octanol–water partition coefficient (Wildman–Crippen LogP) is 3.41. The van der Waals surface area contributed by atoms with Gasteiger partial charge in [-0.05, 0) is 46.6 Å². The Kier molecular flexibility index (Phi) is 5.17. The van der Waals surface area contributed by atoms with Crippen LogP contribution in [0.4, 0.5) is 5.69 Å². The van der Waals surface area contributed by atoms with Crippen LogP contribution in [-0.2, 0) is 0 Å². The van der Waals surface area contributed by atoms with Gasteiger partial charge in [0.05, 0.1) is 8.66 Å². The van der Waals surface area contributed by atoms with E-state index in [-0.39, 0.29) is 5.91 Å². The summed E-state index contributed by atoms with van der Waals surface area (Å²) >= 11 is 4.83. The summed E-state index contributed by atoms with van der Waals surface area (Å²) in [6, 6.07) is 9.12. The van der Waals surface area contributed by atoms with E-state index in [1.54, 1.807) is 6.07 Å². The number of carbonyl (C=O) groups is 1. The van der Waals surface area contributed by atoms with Crippen molar-refractivity contribution >= 4 is 38.9 Å². The molecule has 20 heavy (non-hydrogen) atoms. The number of nitrogens with two attached hydrogens (primary N) is 1. The topological polar surface area (TPSA) is 64.3 Å². The smallest absolute Gasteiger partial charge is 0.265 e. The fraction of sp³-hybridized carbons (Fsp3) is 0.214. The average molecular weight is 355 g/mol. The van der Waals surface area contributed by atoms with E-state index in [2.05, 4.69) is 21.2 Å². The summed E-state index contributed by atoms with van der Waals surface area (Å²) in [5.74, 6) is 0.566. The first-order chi connectivity index (χ1) is 9.60. The molecule has 0 spiro atoms. The summed E-state index contributed by atoms with van der Waals surface area (Å²) in [5, 5.41) is 2.85. The zero-order chi connectivity index (χ0) is 14.5. The number of amides is 1. The van der Waals surface area contributed by atoms with Gasteiger partial charge < -0.3 is 15.8 Å². The van der Waals surface area contributed by atoms with Gasteiger partial charge in [0.1, 0.15) is 12.4 Å². The molecule has 0 fully saturated rings. The van der Waals surface area contributed by atoms with Gasteiger partial charge in [-0.2, -0.15) is 0 Å². The van der Waals surface area contributed by atoms with Crippen LogP contribution in [0.15, 0.2) is 34.1 Å². The van der Waals surface area contributed by atoms with Crippen molar-refractivity contribution in [2.75, 3.05) is 18.5 Å². The fourth-order valence-electron chi connectivity index (χ4n) is 1.60. The Morgan fingerprint density at radius 3 is 2.90 bits per heavy atom. The molecule has 106 valence electrons. The van der Waals surface area contributed by atoms with Crippen LogP contribution in [0.3, 0.4) is 0 Å². The Morgan fingerprint density at radius 1 is 1.45 bits per heavy atom. The number of thiophene rings is 1. The third-order valence-electron chi connectivity index (χ3n) is 2.56. The Hall–Kier alpha value is -1.37. The van der Waals surface area contributed by atoms with Gasteiger partial charge in [-0.1, -0.05) is 6.07 Å². The third kappa shape index (κ3) is 3.82. The first kappa shape index (κ1) is 15.0. The molecule has 0 unspecified atom stereocenters. The molecule has 0 bridgehead atoms. The van der Waals surface area contributed by atoms with Crippen LogP contribution in [0.25, 0.3) is 0 Å². The second-order valence-electron chi connectivity index (χ2n) is 4.19. The summed E-state index contributed by atoms with van der Waals surface area (Å²) in [6.45, 7) is 2.87. The molecule has 2 rings (SSSR count). The molecule has 1 amide bonds. The van der Waals surface area contributed by atoms with Crippen molar-refractivity contribution in [3.05, 3.63) is 44.6 Å². The van der Waals surface area contributed by atoms with E-state index in [1.807, 2.05) is 31.2 Å². The molecule has 4 nitrogen and oxygen atoms in total. The van der Waals surface area contributed by atoms with Gasteiger partial charge in [0.15, 0.2) is 0 Å². The molecule has 3 N–H and O–H groups in total. The highest BCUT2D eigenvalue weighted by Crippen LogP contribution is 2.28. The van der Waals surface area contributed by atoms with Crippen molar-refractivity contribution < 1.29 is 9.53 Å². The van der Waals surface area contributed by atoms with Crippen LogP contribution in [0, 0.1) is 6.92 Å². The molecule has 0 aliphatic carbocycles. The van der Waals surface area contributed by atoms with Crippen molar-refractivity contribution in [2.24, 2.45) is 5.73 Å². The van der Waals surface area contributed by atoms with Crippen LogP contribution >= 0.6 is 27.3 Å². The van der Waals surface area contributed by atoms with Crippen molar-refractivity contribution in [3.8, 4) is 5.75 Å². The molecule has 0 radical (unpaired) electrons. The highest BCUT2D eigenvalue weighted by atomic mass is 79.9. The first-order valence-corrected chi connectivity index (χ1v) is 7.71. The maximum atomic E-state index is 12.1. The molecular weight excluding hydrogens is 340 g/mol. The number of benzene rings is 1. The lowest BCUT2D eigenvalue weighted by atomic mass is 10.3. The SMILES string of the molecule is Cc1cc(C(=O)Nc2cccc(OCCN)c2)sc1Br. The normalized spacial score (nSPS) is 10.3. The maximum absolute atomic E-state index is 12.1. The number of hydrogen-bond donors (Lipinski definition) is 2. The van der Waals surface area contributed by atoms with E-state index < -0.39 is 0 Å². The zero-order valence-electron chi connectivity index (χ0n) is 11.0. The van der Waals surface area contributed by atoms with Gasteiger partial charge >= 0.3 is 0 Å². The lowest BCUT2D eigenvalue weighted by Gasteiger charge is -2.07. The van der Waals surface area contributed by atoms with Crippen molar-refractivity contribution in [2.45, 2.75) is 6.92 Å². The quantitative estimate of drug-likeness (QED) is 0.864. The Morgan fingerprint density at radius 2 is 2.25 bits per heavy atom. The standard InChI is InChI=1S/C14H15BrN2O2S/c1-9-7-12(20-13(9)15)14(18)17-10-3-2-4-11(8-10)19-6-5-16/h2-4,7-8H,5-6,16H2,1H3,(H,17,18). The Bertz CT molecular complexity index is 593. The first-order valence-electron chi connectivity index (χ1n) is 6.10. The van der Waals surface area contributed by atoms with Gasteiger partial charge in [-0.15, -0.1) is 11.3 Å². The lowest BCUT2D eigenvalue weighted by Crippen LogP contribution is -2.12. The largest absolute Gasteiger partial charge is 0.492 e. The molecule has 1 heterocycles. The second kappa shape index (κ2) is 6.88. The van der Waals surface area contributed by atoms with Gasteiger partial charge in [-0.3, -0.25) is 4.79 Å². The van der Waals surface area contributed by atoms with E-state index in [0.29, 0.717) is 29.5 Å². The highest BCUT2D eigenvalue weighted by molar-refractivity contribution is 9.11. The van der Waals surface area contributed by atoms with E-state index in [9.17, 15) is 4.79 Å². The number of aryl methyl sites for hydroxylation is 1. The van der Waals surface area contributed by atoms with E-state index in [1.165, 1.54) is 11.3 Å². The lowest BCUT2D eigenvalue weighted by molar-refractivity contribution is 0.103. The molecule has 0 atom stereocenters. The van der Waals surface area contributed by atoms with Crippen molar-refractivity contribution in [1.82, 2.24) is 0 Å². The maximum Gasteiger partial charge on any atom is 0.265 e. The molecule has 0 saturated carbocycles. The van der Waals surface area contributed by atoms with Crippen molar-refractivity contribution in [3.63, 3.8) is 0 Å². The fourth-order valence-corrected chi connectivity index (χ4v) is 3.03. The van der Waals surface area contributed by atoms with E-state index >= 15 is 0 Å². The minimum absolute atomic E-state index is 0.125. The molecular formula is C14H15BrN2O2S. The minimum Gasteiger partial charge on any atom is -0.492 e. The van der Waals surface area contributed by atoms with Crippen molar-refractivity contribution in [1.29, 1.82) is 0 Å². The number of nitrogens with one attached hydrogen (secondary N) is 1. The predicted molar refractivity (Wildman–Crippen MR) is 85.7 cm³/mol. The highest BCUT2D eigenvalue weighted by Gasteiger charge is 2.11. The summed E-state index contributed by atoms with van der Waals surface area (Å²) in [5.41, 5.74) is 7.15. The zero-order valence-corrected chi connectivity index (χ0v) is 13.4. The molecule has 6 heteroatoms. The summed E-state index contributed by atoms with van der Waals surface area (Å²) in [4.78, 5) is 12.8. The molecule has 2 aromatic rings. The summed E-state index contributed by atoms with van der Waals surface area (Å²) in [6.07, 6.45) is 0. The Balaban J connectivity index is 2.07. The van der Waals surface area contributed by atoms with Gasteiger partial charge in [0, 0.05) is 18.3 Å². The summed E-state index contributed by atoms with van der Waals surface area (Å²) in [7, 11) is 0. The number of rotatable bonds is 5. The van der Waals surface area contributed by atoms with Crippen LogP contribution in [-0.4, -0.2) is 19.1 Å². The van der Waals surface area contributed by atoms with Gasteiger partial charge in [-0.25, -0.2) is 0 Å². The minimum atomic E-state index is -0.125. The molecule has 0 saturated heterocycles. The number of ether oxygens (including phenoxy) is 1. The number of halogens is 1. The van der Waals surface area contributed by atoms with Crippen LogP contribution < -0.4 is 15.8 Å². The molecule has 1 aromatic carbocycles. The third-order valence-corrected chi connectivity index (χ3v) is 4.69. The number of carbonyl (C=O) groups excluding carboxylic acids is 1. The van der Waals surface area contributed by atoms with Crippen LogP contribution in [0.5, 0.6) is 5.75 Å². The van der Waals surface area contributed by atoms with E-state index in [0.717, 1.165) is 9.35 Å². The van der Waals surface area contributed by atoms with Crippen LogP contribution in [0.1, 0.15) is 15.2 Å². The average Bonchev–Trinajstić information content (AvgIpc) is 2.77. The Labute approximate surface area is 130 Å². The monoisotopic (exact) mass is 354 g/mol. The number of anilines is 1. The van der Waals surface area contributed by atoms with Gasteiger partial charge in [0.2, 0.25) is 0 Å². The van der Waals surface area contributed by atoms with Gasteiger partial charge in [0.25, 0.3) is 5.91 Å². The second-order valence-corrected chi connectivity index (χ2v) is 6.56. The van der Waals surface area contributed by atoms with E-state index in [4.69, 9.17) is 10.5 Å². The molecule has 0 aliphatic rings. The summed E-state index contributed by atoms with van der Waals surface area (Å²) < 4.78 is 6.40. The van der Waals surface area contributed by atoms with Crippen LogP contribution in [0.2, 0.25) is 0 Å².